The number of nitrogens with zero attached hydrogens (tertiary/aromatic N) is 2. The minimum Gasteiger partial charge on any atom is -0.312 e. The molecule has 116 valence electrons. The third-order valence-corrected chi connectivity index (χ3v) is 4.87. The molecule has 21 heavy (non-hydrogen) atoms. The molecule has 2 rings (SSSR count). The van der Waals surface area contributed by atoms with Gasteiger partial charge >= 0.3 is 0 Å². The number of carbonyl (C=O) groups excluding carboxylic acids is 1. The van der Waals surface area contributed by atoms with E-state index in [1.54, 1.807) is 17.0 Å². The van der Waals surface area contributed by atoms with Gasteiger partial charge < -0.3 is 4.90 Å². The van der Waals surface area contributed by atoms with Gasteiger partial charge in [0.15, 0.2) is 0 Å². The Labute approximate surface area is 123 Å². The van der Waals surface area contributed by atoms with Crippen LogP contribution in [0.3, 0.4) is 0 Å². The molecule has 1 N–H and O–H groups in total. The van der Waals surface area contributed by atoms with Gasteiger partial charge in [-0.15, -0.1) is 0 Å². The van der Waals surface area contributed by atoms with Gasteiger partial charge in [-0.3, -0.25) is 4.79 Å². The molecular formula is C13H18FN3O3S. The second-order valence-corrected chi connectivity index (χ2v) is 7.16. The van der Waals surface area contributed by atoms with Crippen LogP contribution in [0.15, 0.2) is 24.3 Å². The molecule has 1 aromatic carbocycles. The highest BCUT2D eigenvalue weighted by molar-refractivity contribution is 7.87. The number of halogens is 1. The summed E-state index contributed by atoms with van der Waals surface area (Å²) < 4.78 is 39.7. The number of nitrogens with one attached hydrogen (secondary N) is 1. The van der Waals surface area contributed by atoms with E-state index in [4.69, 9.17) is 0 Å². The first-order valence-corrected chi connectivity index (χ1v) is 7.96. The summed E-state index contributed by atoms with van der Waals surface area (Å²) in [6.07, 6.45) is 0.271. The zero-order valence-electron chi connectivity index (χ0n) is 11.9. The van der Waals surface area contributed by atoms with Crippen molar-refractivity contribution in [3.63, 3.8) is 0 Å². The predicted octanol–water partition coefficient (Wildman–Crippen LogP) is 0.575. The summed E-state index contributed by atoms with van der Waals surface area (Å²) in [4.78, 5) is 13.5. The smallest absolute Gasteiger partial charge is 0.278 e. The first-order valence-electron chi connectivity index (χ1n) is 6.52. The molecule has 1 atom stereocenters. The molecule has 0 unspecified atom stereocenters. The summed E-state index contributed by atoms with van der Waals surface area (Å²) in [6, 6.07) is 5.68. The number of hydrogen-bond donors (Lipinski definition) is 1. The zero-order valence-corrected chi connectivity index (χ0v) is 12.7. The standard InChI is InChI=1S/C13H18FN3O3S/c1-16(2)21(19,20)15-8-10-7-13(18)17(9-10)12-5-3-11(14)4-6-12/h3-6,10,15H,7-9H2,1-2H3/t10-/m1/s1. The number of carbonyl (C=O) groups is 1. The number of benzene rings is 1. The van der Waals surface area contributed by atoms with Crippen LogP contribution in [0.25, 0.3) is 0 Å². The molecule has 1 aliphatic heterocycles. The fourth-order valence-corrected chi connectivity index (χ4v) is 2.85. The molecular weight excluding hydrogens is 297 g/mol. The van der Waals surface area contributed by atoms with Crippen molar-refractivity contribution < 1.29 is 17.6 Å². The van der Waals surface area contributed by atoms with Crippen LogP contribution in [0, 0.1) is 11.7 Å². The van der Waals surface area contributed by atoms with E-state index in [-0.39, 0.29) is 30.6 Å². The zero-order chi connectivity index (χ0) is 15.6. The maximum Gasteiger partial charge on any atom is 0.278 e. The van der Waals surface area contributed by atoms with Crippen molar-refractivity contribution in [1.82, 2.24) is 9.03 Å². The van der Waals surface area contributed by atoms with Gasteiger partial charge in [0.05, 0.1) is 0 Å². The quantitative estimate of drug-likeness (QED) is 0.864. The Balaban J connectivity index is 1.98. The second-order valence-electron chi connectivity index (χ2n) is 5.19. The van der Waals surface area contributed by atoms with Crippen LogP contribution in [-0.4, -0.2) is 45.8 Å². The van der Waals surface area contributed by atoms with Gasteiger partial charge in [-0.1, -0.05) is 0 Å². The average molecular weight is 315 g/mol. The van der Waals surface area contributed by atoms with Gasteiger partial charge in [-0.2, -0.15) is 12.7 Å². The third kappa shape index (κ3) is 3.78. The van der Waals surface area contributed by atoms with Crippen molar-refractivity contribution in [2.24, 2.45) is 5.92 Å². The molecule has 8 heteroatoms. The normalized spacial score (nSPS) is 19.5. The van der Waals surface area contributed by atoms with E-state index in [1.165, 1.54) is 26.2 Å². The Morgan fingerprint density at radius 3 is 2.52 bits per heavy atom. The van der Waals surface area contributed by atoms with Gasteiger partial charge in [-0.05, 0) is 30.2 Å². The molecule has 1 fully saturated rings. The molecule has 0 spiro atoms. The highest BCUT2D eigenvalue weighted by atomic mass is 32.2. The molecule has 0 aliphatic carbocycles. The summed E-state index contributed by atoms with van der Waals surface area (Å²) in [6.45, 7) is 0.615. The van der Waals surface area contributed by atoms with E-state index in [1.807, 2.05) is 0 Å². The van der Waals surface area contributed by atoms with E-state index in [2.05, 4.69) is 4.72 Å². The Hall–Kier alpha value is -1.51. The van der Waals surface area contributed by atoms with Crippen LogP contribution in [0.4, 0.5) is 10.1 Å². The molecule has 0 radical (unpaired) electrons. The lowest BCUT2D eigenvalue weighted by Crippen LogP contribution is -2.38. The first-order chi connectivity index (χ1) is 9.79. The average Bonchev–Trinajstić information content (AvgIpc) is 2.79. The van der Waals surface area contributed by atoms with Crippen LogP contribution in [0.1, 0.15) is 6.42 Å². The lowest BCUT2D eigenvalue weighted by Gasteiger charge is -2.18. The van der Waals surface area contributed by atoms with E-state index < -0.39 is 10.2 Å². The highest BCUT2D eigenvalue weighted by Crippen LogP contribution is 2.24. The molecule has 0 bridgehead atoms. The SMILES string of the molecule is CN(C)S(=O)(=O)NC[C@H]1CC(=O)N(c2ccc(F)cc2)C1. The lowest BCUT2D eigenvalue weighted by molar-refractivity contribution is -0.117. The Morgan fingerprint density at radius 2 is 1.95 bits per heavy atom. The number of hydrogen-bond acceptors (Lipinski definition) is 3. The molecule has 1 aromatic rings. The van der Waals surface area contributed by atoms with Crippen molar-refractivity contribution in [3.05, 3.63) is 30.1 Å². The largest absolute Gasteiger partial charge is 0.312 e. The minimum atomic E-state index is -3.49. The van der Waals surface area contributed by atoms with Crippen molar-refractivity contribution >= 4 is 21.8 Å². The van der Waals surface area contributed by atoms with Gasteiger partial charge in [-0.25, -0.2) is 9.11 Å². The number of amides is 1. The van der Waals surface area contributed by atoms with Crippen LogP contribution in [0.2, 0.25) is 0 Å². The lowest BCUT2D eigenvalue weighted by atomic mass is 10.1. The fourth-order valence-electron chi connectivity index (χ4n) is 2.14. The van der Waals surface area contributed by atoms with Crippen molar-refractivity contribution in [1.29, 1.82) is 0 Å². The summed E-state index contributed by atoms with van der Waals surface area (Å²) in [5, 5.41) is 0. The van der Waals surface area contributed by atoms with Gasteiger partial charge in [0, 0.05) is 39.3 Å². The maximum atomic E-state index is 12.9. The van der Waals surface area contributed by atoms with E-state index in [9.17, 15) is 17.6 Å². The molecule has 1 saturated heterocycles. The van der Waals surface area contributed by atoms with Crippen molar-refractivity contribution in [3.8, 4) is 0 Å². The third-order valence-electron chi connectivity index (χ3n) is 3.38. The molecule has 1 aliphatic rings. The van der Waals surface area contributed by atoms with Gasteiger partial charge in [0.1, 0.15) is 5.82 Å². The maximum absolute atomic E-state index is 12.9. The van der Waals surface area contributed by atoms with Crippen LogP contribution in [0.5, 0.6) is 0 Å². The molecule has 6 nitrogen and oxygen atoms in total. The summed E-state index contributed by atoms with van der Waals surface area (Å²) in [7, 11) is -0.612. The predicted molar refractivity (Wildman–Crippen MR) is 77.5 cm³/mol. The van der Waals surface area contributed by atoms with E-state index in [0.29, 0.717) is 12.2 Å². The number of rotatable bonds is 5. The Kier molecular flexibility index (Phi) is 4.60. The monoisotopic (exact) mass is 315 g/mol. The van der Waals surface area contributed by atoms with E-state index >= 15 is 0 Å². The Bertz CT molecular complexity index is 616. The van der Waals surface area contributed by atoms with Crippen LogP contribution >= 0.6 is 0 Å². The van der Waals surface area contributed by atoms with E-state index in [0.717, 1.165) is 4.31 Å². The summed E-state index contributed by atoms with van der Waals surface area (Å²) in [5.74, 6) is -0.548. The van der Waals surface area contributed by atoms with Crippen LogP contribution in [-0.2, 0) is 15.0 Å². The number of anilines is 1. The summed E-state index contributed by atoms with van der Waals surface area (Å²) in [5.41, 5.74) is 0.624. The Morgan fingerprint density at radius 1 is 1.33 bits per heavy atom. The van der Waals surface area contributed by atoms with Gasteiger partial charge in [0.2, 0.25) is 5.91 Å². The molecule has 1 amide bonds. The topological polar surface area (TPSA) is 69.7 Å². The van der Waals surface area contributed by atoms with Crippen LogP contribution < -0.4 is 9.62 Å². The van der Waals surface area contributed by atoms with Crippen molar-refractivity contribution in [2.75, 3.05) is 32.1 Å². The first kappa shape index (κ1) is 15.9. The van der Waals surface area contributed by atoms with Crippen molar-refractivity contribution in [2.45, 2.75) is 6.42 Å². The summed E-state index contributed by atoms with van der Waals surface area (Å²) >= 11 is 0. The molecule has 1 heterocycles. The second kappa shape index (κ2) is 6.08. The van der Waals surface area contributed by atoms with Gasteiger partial charge in [0.25, 0.3) is 10.2 Å². The fraction of sp³-hybridized carbons (Fsp3) is 0.462. The highest BCUT2D eigenvalue weighted by Gasteiger charge is 2.31. The molecule has 0 aromatic heterocycles. The molecule has 0 saturated carbocycles. The minimum absolute atomic E-state index is 0.0874.